The van der Waals surface area contributed by atoms with E-state index in [4.69, 9.17) is 9.98 Å². The lowest BCUT2D eigenvalue weighted by Gasteiger charge is -2.29. The van der Waals surface area contributed by atoms with E-state index in [1.807, 2.05) is 12.4 Å². The molecule has 2 fully saturated rings. The number of hydrogen-bond donors (Lipinski definition) is 2. The van der Waals surface area contributed by atoms with Crippen molar-refractivity contribution in [1.29, 1.82) is 0 Å². The van der Waals surface area contributed by atoms with Crippen molar-refractivity contribution in [2.75, 3.05) is 0 Å². The Morgan fingerprint density at radius 1 is 0.683 bits per heavy atom. The molecule has 0 amide bonds. The normalized spacial score (nSPS) is 23.8. The van der Waals surface area contributed by atoms with Gasteiger partial charge in [0.2, 0.25) is 0 Å². The lowest BCUT2D eigenvalue weighted by Crippen LogP contribution is -2.45. The smallest absolute Gasteiger partial charge is 0.123 e. The third-order valence-electron chi connectivity index (χ3n) is 9.29. The maximum Gasteiger partial charge on any atom is 0.123 e. The summed E-state index contributed by atoms with van der Waals surface area (Å²) in [4.78, 5) is 10.5. The number of rotatable bonds is 8. The monoisotopic (exact) mass is 622 g/mol. The molecule has 4 rings (SSSR count). The van der Waals surface area contributed by atoms with Gasteiger partial charge in [-0.2, -0.15) is 0 Å². The molecule has 2 N–H and O–H groups in total. The van der Waals surface area contributed by atoms with Gasteiger partial charge in [-0.1, -0.05) is 113 Å². The second-order valence-corrected chi connectivity index (χ2v) is 37.2. The average molecular weight is 623 g/mol. The molecule has 2 aromatic carbocycles. The zero-order valence-electron chi connectivity index (χ0n) is 27.7. The minimum atomic E-state index is -1.74. The molecule has 2 aliphatic carbocycles. The summed E-state index contributed by atoms with van der Waals surface area (Å²) in [5, 5.41) is 27.8. The third kappa shape index (κ3) is 6.76. The van der Waals surface area contributed by atoms with E-state index < -0.39 is 32.3 Å². The number of phenols is 2. The molecule has 3 atom stereocenters. The Morgan fingerprint density at radius 3 is 1.56 bits per heavy atom. The maximum absolute atomic E-state index is 11.4. The topological polar surface area (TPSA) is 65.2 Å². The fourth-order valence-corrected chi connectivity index (χ4v) is 12.0. The Kier molecular flexibility index (Phi) is 8.44. The Hall–Kier alpha value is -1.75. The van der Waals surface area contributed by atoms with E-state index in [2.05, 4.69) is 103 Å². The largest absolute Gasteiger partial charge is 0.507 e. The van der Waals surface area contributed by atoms with Gasteiger partial charge in [0.05, 0.1) is 43.9 Å². The van der Waals surface area contributed by atoms with Crippen molar-refractivity contribution in [2.45, 2.75) is 116 Å². The minimum absolute atomic E-state index is 0.0987. The van der Waals surface area contributed by atoms with Crippen LogP contribution in [0.2, 0.25) is 78.6 Å². The van der Waals surface area contributed by atoms with Crippen LogP contribution in [0.15, 0.2) is 34.3 Å². The molecule has 0 aliphatic heterocycles. The van der Waals surface area contributed by atoms with Crippen LogP contribution in [-0.2, 0) is 0 Å². The summed E-state index contributed by atoms with van der Waals surface area (Å²) < 4.78 is 0. The Morgan fingerprint density at radius 2 is 1.15 bits per heavy atom. The third-order valence-corrected chi connectivity index (χ3v) is 17.3. The van der Waals surface area contributed by atoms with E-state index in [1.54, 1.807) is 0 Å². The highest BCUT2D eigenvalue weighted by Gasteiger charge is 2.52. The van der Waals surface area contributed by atoms with Crippen LogP contribution >= 0.6 is 0 Å². The number of phenolic OH excluding ortho intramolecular Hbond substituents is 2. The molecule has 41 heavy (non-hydrogen) atoms. The van der Waals surface area contributed by atoms with Gasteiger partial charge in [-0.25, -0.2) is 0 Å². The number of nitrogens with zero attached hydrogens (tertiary/aromatic N) is 2. The predicted molar refractivity (Wildman–Crippen MR) is 192 cm³/mol. The van der Waals surface area contributed by atoms with Gasteiger partial charge in [0.15, 0.2) is 0 Å². The van der Waals surface area contributed by atoms with E-state index in [-0.39, 0.29) is 11.6 Å². The Bertz CT molecular complexity index is 1370. The molecule has 0 spiro atoms. The molecule has 0 saturated heterocycles. The van der Waals surface area contributed by atoms with Gasteiger partial charge in [-0.3, -0.25) is 9.98 Å². The van der Waals surface area contributed by atoms with Crippen LogP contribution in [-0.4, -0.2) is 66.5 Å². The highest BCUT2D eigenvalue weighted by Crippen LogP contribution is 2.51. The molecule has 4 nitrogen and oxygen atoms in total. The fraction of sp³-hybridized carbons (Fsp3) is 0.576. The number of hydrogen-bond acceptors (Lipinski definition) is 4. The van der Waals surface area contributed by atoms with Crippen LogP contribution in [0.3, 0.4) is 0 Å². The van der Waals surface area contributed by atoms with E-state index in [9.17, 15) is 10.2 Å². The van der Waals surface area contributed by atoms with Crippen molar-refractivity contribution >= 4 is 65.5 Å². The second-order valence-electron chi connectivity index (χ2n) is 16.9. The number of benzene rings is 2. The zero-order valence-corrected chi connectivity index (χ0v) is 31.7. The summed E-state index contributed by atoms with van der Waals surface area (Å²) in [5.41, 5.74) is 1.51. The first-order valence-electron chi connectivity index (χ1n) is 15.5. The van der Waals surface area contributed by atoms with Gasteiger partial charge in [0.25, 0.3) is 0 Å². The molecule has 0 heterocycles. The van der Waals surface area contributed by atoms with Crippen LogP contribution in [0.25, 0.3) is 0 Å². The minimum Gasteiger partial charge on any atom is -0.507 e. The van der Waals surface area contributed by atoms with Crippen molar-refractivity contribution in [1.82, 2.24) is 0 Å². The van der Waals surface area contributed by atoms with Gasteiger partial charge in [-0.05, 0) is 42.0 Å². The molecule has 2 bridgehead atoms. The molecule has 2 aromatic rings. The van der Waals surface area contributed by atoms with Crippen molar-refractivity contribution in [3.63, 3.8) is 0 Å². The summed E-state index contributed by atoms with van der Waals surface area (Å²) in [6.45, 7) is 28.0. The van der Waals surface area contributed by atoms with E-state index in [0.29, 0.717) is 17.4 Å². The zero-order chi connectivity index (χ0) is 30.8. The summed E-state index contributed by atoms with van der Waals surface area (Å²) in [5.74, 6) is 1.49. The molecule has 2 saturated carbocycles. The predicted octanol–water partition coefficient (Wildman–Crippen LogP) is 6.13. The highest BCUT2D eigenvalue weighted by atomic mass is 28.3. The van der Waals surface area contributed by atoms with E-state index in [1.165, 1.54) is 16.8 Å². The van der Waals surface area contributed by atoms with Gasteiger partial charge in [0.1, 0.15) is 11.5 Å². The van der Waals surface area contributed by atoms with Crippen molar-refractivity contribution in [2.24, 2.45) is 15.9 Å². The van der Waals surface area contributed by atoms with E-state index >= 15 is 0 Å². The molecular weight excluding hydrogens is 569 g/mol. The van der Waals surface area contributed by atoms with Crippen LogP contribution in [0, 0.1) is 5.92 Å². The first kappa shape index (κ1) is 32.2. The van der Waals surface area contributed by atoms with Crippen LogP contribution in [0.1, 0.15) is 36.8 Å². The van der Waals surface area contributed by atoms with Crippen LogP contribution in [0.5, 0.6) is 11.5 Å². The molecule has 8 heteroatoms. The average Bonchev–Trinajstić information content (AvgIpc) is 3.38. The number of fused-ring (bicyclic) bond motifs is 2. The lowest BCUT2D eigenvalue weighted by atomic mass is 9.89. The lowest BCUT2D eigenvalue weighted by molar-refractivity contribution is 0.367. The van der Waals surface area contributed by atoms with Crippen LogP contribution < -0.4 is 20.7 Å². The molecule has 3 unspecified atom stereocenters. The standard InChI is InChI=1S/C33H54N2O2Si4/c1-38(2,3)26-16-24(31(36)28(18-26)40(7,8)9)21-34-30-15-23-13-14-33(30,20-23)35-22-25-17-27(39(4,5)6)19-29(32(25)37)41(10,11)12/h16-19,21-23,30,36-37H,13-15,20H2,1-12H3. The van der Waals surface area contributed by atoms with Crippen molar-refractivity contribution in [3.8, 4) is 11.5 Å². The first-order chi connectivity index (χ1) is 18.6. The SMILES string of the molecule is C[Si](C)(C)c1cc(C=NC2CC3CCC2(N=Cc2cc([Si](C)(C)C)cc([Si](C)(C)C)c2O)C3)c(O)c([Si](C)(C)C)c1. The van der Waals surface area contributed by atoms with E-state index in [0.717, 1.165) is 40.8 Å². The number of aliphatic imine (C=N–C) groups is 2. The maximum atomic E-state index is 11.4. The highest BCUT2D eigenvalue weighted by molar-refractivity contribution is 6.92. The summed E-state index contributed by atoms with van der Waals surface area (Å²) in [7, 11) is -6.61. The summed E-state index contributed by atoms with van der Waals surface area (Å²) >= 11 is 0. The fourth-order valence-electron chi connectivity index (χ4n) is 6.49. The summed E-state index contributed by atoms with van der Waals surface area (Å²) in [6.07, 6.45) is 8.27. The van der Waals surface area contributed by atoms with Crippen LogP contribution in [0.4, 0.5) is 0 Å². The van der Waals surface area contributed by atoms with Gasteiger partial charge < -0.3 is 10.2 Å². The Labute approximate surface area is 253 Å². The molecular formula is C33H54N2O2Si4. The molecule has 224 valence electrons. The summed E-state index contributed by atoms with van der Waals surface area (Å²) in [6, 6.07) is 9.05. The quantitative estimate of drug-likeness (QED) is 0.275. The second kappa shape index (κ2) is 10.8. The van der Waals surface area contributed by atoms with Crippen molar-refractivity contribution in [3.05, 3.63) is 35.4 Å². The van der Waals surface area contributed by atoms with Gasteiger partial charge in [0, 0.05) is 23.6 Å². The first-order valence-corrected chi connectivity index (χ1v) is 29.5. The molecule has 2 aliphatic rings. The molecule has 0 aromatic heterocycles. The van der Waals surface area contributed by atoms with Gasteiger partial charge >= 0.3 is 0 Å². The molecule has 0 radical (unpaired) electrons. The van der Waals surface area contributed by atoms with Crippen molar-refractivity contribution < 1.29 is 10.2 Å². The van der Waals surface area contributed by atoms with Gasteiger partial charge in [-0.15, -0.1) is 0 Å². The number of aromatic hydroxyl groups is 2. The Balaban J connectivity index is 1.74.